The van der Waals surface area contributed by atoms with Gasteiger partial charge in [0.1, 0.15) is 18.0 Å². The highest BCUT2D eigenvalue weighted by molar-refractivity contribution is 6.07. The van der Waals surface area contributed by atoms with Gasteiger partial charge < -0.3 is 14.1 Å². The molecule has 0 bridgehead atoms. The summed E-state index contributed by atoms with van der Waals surface area (Å²) in [7, 11) is 0. The number of fused-ring (bicyclic) bond motifs is 2. The first-order valence-electron chi connectivity index (χ1n) is 10.4. The lowest BCUT2D eigenvalue weighted by atomic mass is 10.2. The summed E-state index contributed by atoms with van der Waals surface area (Å²) in [6.07, 6.45) is 5.56. The van der Waals surface area contributed by atoms with Gasteiger partial charge in [-0.15, -0.1) is 0 Å². The van der Waals surface area contributed by atoms with Gasteiger partial charge in [-0.2, -0.15) is 0 Å². The summed E-state index contributed by atoms with van der Waals surface area (Å²) in [6, 6.07) is 18.1. The number of aromatic nitrogens is 3. The van der Waals surface area contributed by atoms with Crippen LogP contribution in [0.25, 0.3) is 16.6 Å². The fourth-order valence-corrected chi connectivity index (χ4v) is 3.60. The molecule has 8 heteroatoms. The molecule has 3 aromatic heterocycles. The number of nitrogens with zero attached hydrogens (tertiary/aromatic N) is 2. The number of amides is 2. The van der Waals surface area contributed by atoms with Crippen LogP contribution in [0.15, 0.2) is 79.3 Å². The van der Waals surface area contributed by atoms with Crippen LogP contribution in [0, 0.1) is 6.92 Å². The minimum atomic E-state index is -0.425. The van der Waals surface area contributed by atoms with Gasteiger partial charge in [0.15, 0.2) is 0 Å². The molecule has 0 aliphatic rings. The number of para-hydroxylation sites is 1. The van der Waals surface area contributed by atoms with Crippen LogP contribution in [0.5, 0.6) is 5.75 Å². The summed E-state index contributed by atoms with van der Waals surface area (Å²) in [4.78, 5) is 32.4. The van der Waals surface area contributed by atoms with E-state index >= 15 is 0 Å². The van der Waals surface area contributed by atoms with Crippen molar-refractivity contribution in [3.05, 3.63) is 102 Å². The molecule has 0 radical (unpaired) electrons. The third-order valence-electron chi connectivity index (χ3n) is 5.28. The lowest BCUT2D eigenvalue weighted by Crippen LogP contribution is -2.41. The molecule has 0 aliphatic heterocycles. The van der Waals surface area contributed by atoms with Crippen LogP contribution in [0.3, 0.4) is 0 Å². The van der Waals surface area contributed by atoms with Gasteiger partial charge >= 0.3 is 0 Å². The SMILES string of the molecule is Cc1ccc2nc(COc3ccc(C(=O)NNC(=O)c4c[nH]c5ccccc45)cc3)cn2c1. The van der Waals surface area contributed by atoms with Crippen LogP contribution in [-0.4, -0.2) is 26.2 Å². The Hall–Kier alpha value is -4.59. The number of aryl methyl sites for hydroxylation is 1. The van der Waals surface area contributed by atoms with E-state index in [0.717, 1.165) is 27.8 Å². The minimum absolute atomic E-state index is 0.312. The van der Waals surface area contributed by atoms with Gasteiger partial charge in [0.25, 0.3) is 11.8 Å². The first kappa shape index (κ1) is 20.3. The number of nitrogens with one attached hydrogen (secondary N) is 3. The molecule has 0 spiro atoms. The molecule has 3 heterocycles. The molecule has 33 heavy (non-hydrogen) atoms. The van der Waals surface area contributed by atoms with Crippen molar-refractivity contribution >= 4 is 28.4 Å². The van der Waals surface area contributed by atoms with Gasteiger partial charge in [-0.3, -0.25) is 20.4 Å². The zero-order valence-electron chi connectivity index (χ0n) is 17.8. The van der Waals surface area contributed by atoms with Crippen LogP contribution in [0.1, 0.15) is 32.0 Å². The molecule has 0 aliphatic carbocycles. The lowest BCUT2D eigenvalue weighted by molar-refractivity contribution is 0.0847. The summed E-state index contributed by atoms with van der Waals surface area (Å²) >= 11 is 0. The average molecular weight is 439 g/mol. The van der Waals surface area contributed by atoms with Gasteiger partial charge in [-0.25, -0.2) is 4.98 Å². The largest absolute Gasteiger partial charge is 0.487 e. The van der Waals surface area contributed by atoms with Crippen molar-refractivity contribution in [2.24, 2.45) is 0 Å². The lowest BCUT2D eigenvalue weighted by Gasteiger charge is -2.08. The monoisotopic (exact) mass is 439 g/mol. The van der Waals surface area contributed by atoms with Crippen LogP contribution in [0.2, 0.25) is 0 Å². The molecule has 5 aromatic rings. The van der Waals surface area contributed by atoms with Crippen LogP contribution in [0.4, 0.5) is 0 Å². The number of ether oxygens (including phenoxy) is 1. The fraction of sp³-hybridized carbons (Fsp3) is 0.0800. The standard InChI is InChI=1S/C25H21N5O3/c1-16-6-11-23-27-18(14-30(23)13-16)15-33-19-9-7-17(8-10-19)24(31)28-29-25(32)21-12-26-22-5-3-2-4-20(21)22/h2-14,26H,15H2,1H3,(H,28,31)(H,29,32). The van der Waals surface area contributed by atoms with E-state index in [1.807, 2.05) is 60.1 Å². The summed E-state index contributed by atoms with van der Waals surface area (Å²) in [5, 5.41) is 0.784. The molecule has 2 aromatic carbocycles. The predicted molar refractivity (Wildman–Crippen MR) is 124 cm³/mol. The number of pyridine rings is 1. The second kappa shape index (κ2) is 8.51. The first-order valence-corrected chi connectivity index (χ1v) is 10.4. The number of hydrogen-bond acceptors (Lipinski definition) is 4. The number of hydrogen-bond donors (Lipinski definition) is 3. The number of rotatable bonds is 5. The van der Waals surface area contributed by atoms with E-state index in [1.165, 1.54) is 0 Å². The summed E-state index contributed by atoms with van der Waals surface area (Å²) in [5.74, 6) is -0.212. The Labute approximate surface area is 189 Å². The quantitative estimate of drug-likeness (QED) is 0.363. The van der Waals surface area contributed by atoms with Crippen molar-refractivity contribution in [2.45, 2.75) is 13.5 Å². The zero-order valence-corrected chi connectivity index (χ0v) is 17.8. The van der Waals surface area contributed by atoms with Crippen molar-refractivity contribution in [1.82, 2.24) is 25.2 Å². The predicted octanol–water partition coefficient (Wildman–Crippen LogP) is 3.78. The Bertz CT molecular complexity index is 1470. The Balaban J connectivity index is 1.17. The number of aromatic amines is 1. The van der Waals surface area contributed by atoms with E-state index in [-0.39, 0.29) is 0 Å². The average Bonchev–Trinajstić information content (AvgIpc) is 3.45. The Morgan fingerprint density at radius 2 is 1.76 bits per heavy atom. The molecule has 0 atom stereocenters. The Kier molecular flexibility index (Phi) is 5.24. The topological polar surface area (TPSA) is 101 Å². The molecule has 164 valence electrons. The maximum Gasteiger partial charge on any atom is 0.271 e. The van der Waals surface area contributed by atoms with Gasteiger partial charge in [-0.05, 0) is 48.9 Å². The van der Waals surface area contributed by atoms with Gasteiger partial charge in [-0.1, -0.05) is 24.3 Å². The molecule has 2 amide bonds. The van der Waals surface area contributed by atoms with Crippen molar-refractivity contribution in [1.29, 1.82) is 0 Å². The first-order chi connectivity index (χ1) is 16.1. The maximum absolute atomic E-state index is 12.4. The number of benzene rings is 2. The number of hydrazine groups is 1. The molecular weight excluding hydrogens is 418 g/mol. The van der Waals surface area contributed by atoms with Crippen LogP contribution in [-0.2, 0) is 6.61 Å². The maximum atomic E-state index is 12.4. The van der Waals surface area contributed by atoms with Gasteiger partial charge in [0.05, 0.1) is 11.3 Å². The van der Waals surface area contributed by atoms with E-state index in [4.69, 9.17) is 4.74 Å². The van der Waals surface area contributed by atoms with Crippen LogP contribution >= 0.6 is 0 Å². The third-order valence-corrected chi connectivity index (χ3v) is 5.28. The molecule has 0 fully saturated rings. The second-order valence-electron chi connectivity index (χ2n) is 7.67. The van der Waals surface area contributed by atoms with E-state index in [2.05, 4.69) is 20.8 Å². The zero-order chi connectivity index (χ0) is 22.8. The number of carbonyl (C=O) groups is 2. The van der Waals surface area contributed by atoms with Gasteiger partial charge in [0, 0.05) is 35.1 Å². The highest BCUT2D eigenvalue weighted by Crippen LogP contribution is 2.18. The highest BCUT2D eigenvalue weighted by Gasteiger charge is 2.13. The Morgan fingerprint density at radius 1 is 0.970 bits per heavy atom. The Morgan fingerprint density at radius 3 is 2.61 bits per heavy atom. The molecule has 0 saturated heterocycles. The van der Waals surface area contributed by atoms with Crippen molar-refractivity contribution in [3.8, 4) is 5.75 Å². The number of H-pyrrole nitrogens is 1. The van der Waals surface area contributed by atoms with Crippen molar-refractivity contribution in [2.75, 3.05) is 0 Å². The molecule has 8 nitrogen and oxygen atoms in total. The van der Waals surface area contributed by atoms with Crippen molar-refractivity contribution in [3.63, 3.8) is 0 Å². The van der Waals surface area contributed by atoms with E-state index in [9.17, 15) is 9.59 Å². The van der Waals surface area contributed by atoms with E-state index < -0.39 is 11.8 Å². The molecule has 5 rings (SSSR count). The summed E-state index contributed by atoms with van der Waals surface area (Å²) < 4.78 is 7.76. The van der Waals surface area contributed by atoms with E-state index in [1.54, 1.807) is 30.5 Å². The number of carbonyl (C=O) groups excluding carboxylic acids is 2. The van der Waals surface area contributed by atoms with Crippen LogP contribution < -0.4 is 15.6 Å². The summed E-state index contributed by atoms with van der Waals surface area (Å²) in [5.41, 5.74) is 9.42. The van der Waals surface area contributed by atoms with Gasteiger partial charge in [0.2, 0.25) is 0 Å². The molecule has 0 unspecified atom stereocenters. The number of imidazole rings is 1. The smallest absolute Gasteiger partial charge is 0.271 e. The minimum Gasteiger partial charge on any atom is -0.487 e. The molecular formula is C25H21N5O3. The summed E-state index contributed by atoms with van der Waals surface area (Å²) in [6.45, 7) is 2.34. The second-order valence-corrected chi connectivity index (χ2v) is 7.67. The normalized spacial score (nSPS) is 10.9. The molecule has 3 N–H and O–H groups in total. The fourth-order valence-electron chi connectivity index (χ4n) is 3.60. The molecule has 0 saturated carbocycles. The third kappa shape index (κ3) is 4.27. The highest BCUT2D eigenvalue weighted by atomic mass is 16.5. The van der Waals surface area contributed by atoms with E-state index in [0.29, 0.717) is 23.5 Å². The van der Waals surface area contributed by atoms with Crippen molar-refractivity contribution < 1.29 is 14.3 Å².